The molecule has 0 bridgehead atoms. The van der Waals surface area contributed by atoms with Crippen LogP contribution in [0.1, 0.15) is 34.9 Å². The molecular formula is C15H18BrN3S. The highest BCUT2D eigenvalue weighted by Gasteiger charge is 2.22. The van der Waals surface area contributed by atoms with E-state index in [1.807, 2.05) is 6.92 Å². The molecule has 0 atom stereocenters. The van der Waals surface area contributed by atoms with Gasteiger partial charge in [-0.3, -0.25) is 0 Å². The van der Waals surface area contributed by atoms with Crippen molar-refractivity contribution in [2.75, 3.05) is 18.0 Å². The summed E-state index contributed by atoms with van der Waals surface area (Å²) in [6.45, 7) is 6.33. The molecule has 1 aliphatic rings. The van der Waals surface area contributed by atoms with E-state index in [4.69, 9.17) is 0 Å². The summed E-state index contributed by atoms with van der Waals surface area (Å²) in [6, 6.07) is 6.75. The molecule has 1 fully saturated rings. The van der Waals surface area contributed by atoms with E-state index in [1.54, 1.807) is 11.3 Å². The maximum Gasteiger partial charge on any atom is 0.208 e. The first-order valence-corrected chi connectivity index (χ1v) is 8.55. The zero-order valence-corrected chi connectivity index (χ0v) is 14.2. The third-order valence-electron chi connectivity index (χ3n) is 3.93. The molecule has 2 aromatic rings. The second kappa shape index (κ2) is 5.82. The van der Waals surface area contributed by atoms with Crippen molar-refractivity contribution in [2.45, 2.75) is 32.6 Å². The average Bonchev–Trinajstić information content (AvgIpc) is 2.89. The number of benzene rings is 1. The van der Waals surface area contributed by atoms with Crippen LogP contribution in [0.2, 0.25) is 0 Å². The van der Waals surface area contributed by atoms with Crippen LogP contribution in [-0.2, 0) is 0 Å². The van der Waals surface area contributed by atoms with Gasteiger partial charge < -0.3 is 4.90 Å². The minimum atomic E-state index is 0.673. The third-order valence-corrected chi connectivity index (χ3v) is 5.72. The van der Waals surface area contributed by atoms with Gasteiger partial charge in [-0.2, -0.15) is 0 Å². The molecule has 1 saturated heterocycles. The first kappa shape index (κ1) is 14.0. The molecule has 0 spiro atoms. The van der Waals surface area contributed by atoms with Gasteiger partial charge in [-0.05, 0) is 49.8 Å². The molecule has 0 aliphatic carbocycles. The second-order valence-electron chi connectivity index (χ2n) is 5.37. The van der Waals surface area contributed by atoms with Crippen LogP contribution in [0, 0.1) is 13.8 Å². The number of aryl methyl sites for hydroxylation is 2. The monoisotopic (exact) mass is 351 g/mol. The molecule has 1 aliphatic heterocycles. The Morgan fingerprint density at radius 3 is 2.55 bits per heavy atom. The van der Waals surface area contributed by atoms with Gasteiger partial charge in [-0.1, -0.05) is 39.4 Å². The smallest absolute Gasteiger partial charge is 0.208 e. The highest BCUT2D eigenvalue weighted by Crippen LogP contribution is 2.32. The predicted molar refractivity (Wildman–Crippen MR) is 87.7 cm³/mol. The zero-order chi connectivity index (χ0) is 14.1. The van der Waals surface area contributed by atoms with Crippen LogP contribution in [0.4, 0.5) is 5.13 Å². The molecule has 106 valence electrons. The van der Waals surface area contributed by atoms with E-state index in [9.17, 15) is 0 Å². The predicted octanol–water partition coefficient (Wildman–Crippen LogP) is 4.30. The Bertz CT molecular complexity index is 603. The van der Waals surface area contributed by atoms with E-state index < -0.39 is 0 Å². The Kier molecular flexibility index (Phi) is 4.08. The van der Waals surface area contributed by atoms with E-state index in [-0.39, 0.29) is 0 Å². The molecular weight excluding hydrogens is 334 g/mol. The molecule has 2 heterocycles. The molecule has 5 heteroatoms. The summed E-state index contributed by atoms with van der Waals surface area (Å²) >= 11 is 5.27. The largest absolute Gasteiger partial charge is 0.347 e. The Morgan fingerprint density at radius 1 is 1.20 bits per heavy atom. The first-order chi connectivity index (χ1) is 9.63. The topological polar surface area (TPSA) is 29.0 Å². The molecule has 0 saturated carbocycles. The maximum absolute atomic E-state index is 4.25. The Balaban J connectivity index is 1.67. The standard InChI is InChI=1S/C15H18BrN3S/c1-10-9-13(3-4-14(10)16)12-5-7-19(8-6-12)15-18-17-11(2)20-15/h3-4,9,12H,5-8H2,1-2H3. The number of aromatic nitrogens is 2. The van der Waals surface area contributed by atoms with Crippen molar-refractivity contribution in [3.8, 4) is 0 Å². The van der Waals surface area contributed by atoms with E-state index in [2.05, 4.69) is 56.2 Å². The van der Waals surface area contributed by atoms with Gasteiger partial charge in [0.1, 0.15) is 5.01 Å². The highest BCUT2D eigenvalue weighted by molar-refractivity contribution is 9.10. The van der Waals surface area contributed by atoms with Crippen LogP contribution in [0.5, 0.6) is 0 Å². The zero-order valence-electron chi connectivity index (χ0n) is 11.8. The lowest BCUT2D eigenvalue weighted by Gasteiger charge is -2.31. The first-order valence-electron chi connectivity index (χ1n) is 6.94. The van der Waals surface area contributed by atoms with E-state index in [1.165, 1.54) is 28.4 Å². The summed E-state index contributed by atoms with van der Waals surface area (Å²) in [7, 11) is 0. The molecule has 1 aromatic carbocycles. The van der Waals surface area contributed by atoms with Crippen molar-refractivity contribution in [3.63, 3.8) is 0 Å². The summed E-state index contributed by atoms with van der Waals surface area (Å²) < 4.78 is 1.20. The van der Waals surface area contributed by atoms with Gasteiger partial charge in [-0.25, -0.2) is 0 Å². The summed E-state index contributed by atoms with van der Waals surface area (Å²) in [5.74, 6) is 0.673. The van der Waals surface area contributed by atoms with Gasteiger partial charge in [0.15, 0.2) is 0 Å². The summed E-state index contributed by atoms with van der Waals surface area (Å²) in [5, 5.41) is 10.5. The van der Waals surface area contributed by atoms with E-state index in [0.29, 0.717) is 5.92 Å². The molecule has 3 rings (SSSR count). The van der Waals surface area contributed by atoms with Gasteiger partial charge in [0.05, 0.1) is 0 Å². The summed E-state index contributed by atoms with van der Waals surface area (Å²) in [4.78, 5) is 2.37. The number of hydrogen-bond acceptors (Lipinski definition) is 4. The van der Waals surface area contributed by atoms with Crippen LogP contribution in [0.15, 0.2) is 22.7 Å². The number of halogens is 1. The minimum absolute atomic E-state index is 0.673. The number of anilines is 1. The van der Waals surface area contributed by atoms with Crippen LogP contribution < -0.4 is 4.90 Å². The quantitative estimate of drug-likeness (QED) is 0.807. The van der Waals surface area contributed by atoms with E-state index >= 15 is 0 Å². The second-order valence-corrected chi connectivity index (χ2v) is 7.39. The van der Waals surface area contributed by atoms with Crippen LogP contribution >= 0.6 is 27.3 Å². The summed E-state index contributed by atoms with van der Waals surface area (Å²) in [6.07, 6.45) is 2.39. The van der Waals surface area contributed by atoms with Crippen molar-refractivity contribution in [1.29, 1.82) is 0 Å². The Morgan fingerprint density at radius 2 is 1.95 bits per heavy atom. The molecule has 0 amide bonds. The molecule has 0 unspecified atom stereocenters. The van der Waals surface area contributed by atoms with Crippen LogP contribution in [-0.4, -0.2) is 23.3 Å². The Labute approximate surface area is 132 Å². The van der Waals surface area contributed by atoms with Gasteiger partial charge in [0, 0.05) is 17.6 Å². The lowest BCUT2D eigenvalue weighted by Crippen LogP contribution is -2.32. The number of rotatable bonds is 2. The maximum atomic E-state index is 4.25. The minimum Gasteiger partial charge on any atom is -0.347 e. The fourth-order valence-electron chi connectivity index (χ4n) is 2.74. The lowest BCUT2D eigenvalue weighted by atomic mass is 9.89. The van der Waals surface area contributed by atoms with Crippen molar-refractivity contribution in [3.05, 3.63) is 38.8 Å². The SMILES string of the molecule is Cc1nnc(N2CCC(c3ccc(Br)c(C)c3)CC2)s1. The number of hydrogen-bond donors (Lipinski definition) is 0. The van der Waals surface area contributed by atoms with Gasteiger partial charge in [0.2, 0.25) is 5.13 Å². The Hall–Kier alpha value is -0.940. The normalized spacial score (nSPS) is 16.6. The average molecular weight is 352 g/mol. The molecule has 0 N–H and O–H groups in total. The van der Waals surface area contributed by atoms with Crippen LogP contribution in [0.3, 0.4) is 0 Å². The van der Waals surface area contributed by atoms with Crippen molar-refractivity contribution in [2.24, 2.45) is 0 Å². The highest BCUT2D eigenvalue weighted by atomic mass is 79.9. The number of nitrogens with zero attached hydrogens (tertiary/aromatic N) is 3. The van der Waals surface area contributed by atoms with Crippen molar-refractivity contribution in [1.82, 2.24) is 10.2 Å². The summed E-state index contributed by atoms with van der Waals surface area (Å²) in [5.41, 5.74) is 2.79. The van der Waals surface area contributed by atoms with Gasteiger partial charge >= 0.3 is 0 Å². The van der Waals surface area contributed by atoms with E-state index in [0.717, 1.165) is 23.2 Å². The lowest BCUT2D eigenvalue weighted by molar-refractivity contribution is 0.504. The molecule has 3 nitrogen and oxygen atoms in total. The molecule has 0 radical (unpaired) electrons. The fourth-order valence-corrected chi connectivity index (χ4v) is 3.73. The number of piperidine rings is 1. The van der Waals surface area contributed by atoms with Crippen molar-refractivity contribution < 1.29 is 0 Å². The van der Waals surface area contributed by atoms with Crippen molar-refractivity contribution >= 4 is 32.4 Å². The molecule has 20 heavy (non-hydrogen) atoms. The third kappa shape index (κ3) is 2.88. The van der Waals surface area contributed by atoms with Gasteiger partial charge in [-0.15, -0.1) is 10.2 Å². The fraction of sp³-hybridized carbons (Fsp3) is 0.467. The molecule has 1 aromatic heterocycles. The van der Waals surface area contributed by atoms with Crippen LogP contribution in [0.25, 0.3) is 0 Å². The van der Waals surface area contributed by atoms with Gasteiger partial charge in [0.25, 0.3) is 0 Å².